The number of ketones is 1. The van der Waals surface area contributed by atoms with Crippen LogP contribution < -0.4 is 4.90 Å². The number of para-hydroxylation sites is 1. The molecular formula is C16H21NOS. The second-order valence-corrected chi connectivity index (χ2v) is 7.51. The number of hydrogen-bond acceptors (Lipinski definition) is 3. The number of carbonyl (C=O) groups is 1. The molecule has 2 fully saturated rings. The Balaban J connectivity index is 1.84. The van der Waals surface area contributed by atoms with E-state index in [1.807, 2.05) is 43.3 Å². The molecule has 2 bridgehead atoms. The van der Waals surface area contributed by atoms with Crippen molar-refractivity contribution in [1.82, 2.24) is 0 Å². The van der Waals surface area contributed by atoms with Crippen molar-refractivity contribution in [3.8, 4) is 0 Å². The molecule has 1 aromatic rings. The van der Waals surface area contributed by atoms with E-state index in [1.54, 1.807) is 0 Å². The van der Waals surface area contributed by atoms with Gasteiger partial charge in [0.1, 0.15) is 0 Å². The lowest BCUT2D eigenvalue weighted by Gasteiger charge is -2.27. The van der Waals surface area contributed by atoms with Gasteiger partial charge in [0, 0.05) is 41.8 Å². The number of thioether (sulfide) groups is 1. The van der Waals surface area contributed by atoms with Crippen LogP contribution in [0.1, 0.15) is 36.0 Å². The lowest BCUT2D eigenvalue weighted by Crippen LogP contribution is -2.26. The van der Waals surface area contributed by atoms with E-state index < -0.39 is 0 Å². The molecule has 19 heavy (non-hydrogen) atoms. The molecule has 2 heterocycles. The number of hydrogen-bond donors (Lipinski definition) is 0. The van der Waals surface area contributed by atoms with Crippen LogP contribution in [0.15, 0.2) is 24.3 Å². The van der Waals surface area contributed by atoms with Crippen LogP contribution in [0.3, 0.4) is 0 Å². The summed E-state index contributed by atoms with van der Waals surface area (Å²) in [5, 5.41) is 1.47. The fraction of sp³-hybridized carbons (Fsp3) is 0.562. The summed E-state index contributed by atoms with van der Waals surface area (Å²) in [6, 6.07) is 8.01. The molecule has 3 rings (SSSR count). The Morgan fingerprint density at radius 2 is 1.79 bits per heavy atom. The van der Waals surface area contributed by atoms with Gasteiger partial charge in [0.2, 0.25) is 0 Å². The topological polar surface area (TPSA) is 20.3 Å². The van der Waals surface area contributed by atoms with Gasteiger partial charge in [-0.05, 0) is 37.8 Å². The van der Waals surface area contributed by atoms with Crippen LogP contribution >= 0.6 is 11.8 Å². The van der Waals surface area contributed by atoms with Gasteiger partial charge in [-0.3, -0.25) is 4.79 Å². The average molecular weight is 275 g/mol. The van der Waals surface area contributed by atoms with Crippen LogP contribution in [0.4, 0.5) is 5.69 Å². The fourth-order valence-corrected chi connectivity index (χ4v) is 5.14. The SMILES string of the molecule is CN(C)c1ccccc1C(=O)C1CC2CCC(C1)S2. The van der Waals surface area contributed by atoms with Crippen LogP contribution in [0.25, 0.3) is 0 Å². The molecule has 3 heteroatoms. The Morgan fingerprint density at radius 1 is 1.16 bits per heavy atom. The zero-order chi connectivity index (χ0) is 13.4. The molecule has 2 unspecified atom stereocenters. The zero-order valence-electron chi connectivity index (χ0n) is 11.6. The predicted octanol–water partition coefficient (Wildman–Crippen LogP) is 3.61. The molecule has 0 saturated carbocycles. The van der Waals surface area contributed by atoms with Gasteiger partial charge >= 0.3 is 0 Å². The predicted molar refractivity (Wildman–Crippen MR) is 82.2 cm³/mol. The summed E-state index contributed by atoms with van der Waals surface area (Å²) >= 11 is 2.12. The molecule has 0 spiro atoms. The van der Waals surface area contributed by atoms with E-state index in [2.05, 4.69) is 11.8 Å². The lowest BCUT2D eigenvalue weighted by atomic mass is 9.89. The van der Waals surface area contributed by atoms with Crippen LogP contribution in [0.2, 0.25) is 0 Å². The first kappa shape index (κ1) is 13.0. The third-order valence-corrected chi connectivity index (χ3v) is 5.94. The van der Waals surface area contributed by atoms with Crippen LogP contribution in [0, 0.1) is 5.92 Å². The fourth-order valence-electron chi connectivity index (χ4n) is 3.36. The third-order valence-electron chi connectivity index (χ3n) is 4.31. The largest absolute Gasteiger partial charge is 0.377 e. The second kappa shape index (κ2) is 5.20. The van der Waals surface area contributed by atoms with Crippen LogP contribution in [-0.2, 0) is 0 Å². The van der Waals surface area contributed by atoms with Crippen molar-refractivity contribution in [1.29, 1.82) is 0 Å². The first-order valence-corrected chi connectivity index (χ1v) is 8.05. The van der Waals surface area contributed by atoms with E-state index in [4.69, 9.17) is 0 Å². The lowest BCUT2D eigenvalue weighted by molar-refractivity contribution is 0.0907. The van der Waals surface area contributed by atoms with E-state index in [0.29, 0.717) is 5.78 Å². The minimum atomic E-state index is 0.250. The van der Waals surface area contributed by atoms with E-state index >= 15 is 0 Å². The van der Waals surface area contributed by atoms with Gasteiger partial charge in [0.15, 0.2) is 5.78 Å². The molecule has 2 aliphatic heterocycles. The highest BCUT2D eigenvalue weighted by Gasteiger charge is 2.38. The molecule has 0 radical (unpaired) electrons. The number of carbonyl (C=O) groups excluding carboxylic acids is 1. The highest BCUT2D eigenvalue weighted by atomic mass is 32.2. The molecule has 0 aliphatic carbocycles. The monoisotopic (exact) mass is 275 g/mol. The second-order valence-electron chi connectivity index (χ2n) is 5.90. The minimum absolute atomic E-state index is 0.250. The summed E-state index contributed by atoms with van der Waals surface area (Å²) in [5.74, 6) is 0.612. The molecule has 2 nitrogen and oxygen atoms in total. The molecule has 102 valence electrons. The Kier molecular flexibility index (Phi) is 3.57. The van der Waals surface area contributed by atoms with Crippen molar-refractivity contribution >= 4 is 23.2 Å². The van der Waals surface area contributed by atoms with Gasteiger partial charge in [0.25, 0.3) is 0 Å². The summed E-state index contributed by atoms with van der Waals surface area (Å²) in [6.45, 7) is 0. The smallest absolute Gasteiger partial charge is 0.168 e. The van der Waals surface area contributed by atoms with Gasteiger partial charge in [-0.25, -0.2) is 0 Å². The van der Waals surface area contributed by atoms with Gasteiger partial charge < -0.3 is 4.90 Å². The number of nitrogens with zero attached hydrogens (tertiary/aromatic N) is 1. The molecular weight excluding hydrogens is 254 g/mol. The summed E-state index contributed by atoms with van der Waals surface area (Å²) in [5.41, 5.74) is 1.96. The van der Waals surface area contributed by atoms with Crippen LogP contribution in [-0.4, -0.2) is 30.4 Å². The zero-order valence-corrected chi connectivity index (χ0v) is 12.5. The molecule has 0 aromatic heterocycles. The van der Waals surface area contributed by atoms with E-state index in [-0.39, 0.29) is 5.92 Å². The highest BCUT2D eigenvalue weighted by Crippen LogP contribution is 2.46. The van der Waals surface area contributed by atoms with E-state index in [1.165, 1.54) is 12.8 Å². The summed E-state index contributed by atoms with van der Waals surface area (Å²) < 4.78 is 0. The van der Waals surface area contributed by atoms with E-state index in [9.17, 15) is 4.79 Å². The summed E-state index contributed by atoms with van der Waals surface area (Å²) in [4.78, 5) is 14.8. The summed E-state index contributed by atoms with van der Waals surface area (Å²) in [7, 11) is 4.01. The Morgan fingerprint density at radius 3 is 2.42 bits per heavy atom. The number of fused-ring (bicyclic) bond motifs is 2. The minimum Gasteiger partial charge on any atom is -0.377 e. The molecule has 2 saturated heterocycles. The van der Waals surface area contributed by atoms with Gasteiger partial charge in [-0.2, -0.15) is 11.8 Å². The molecule has 1 aromatic carbocycles. The number of Topliss-reactive ketones (excluding diaryl/α,β-unsaturated/α-hetero) is 1. The van der Waals surface area contributed by atoms with Crippen molar-refractivity contribution in [2.75, 3.05) is 19.0 Å². The Labute approximate surface area is 119 Å². The van der Waals surface area contributed by atoms with Crippen molar-refractivity contribution < 1.29 is 4.79 Å². The van der Waals surface area contributed by atoms with Gasteiger partial charge in [-0.15, -0.1) is 0 Å². The first-order valence-electron chi connectivity index (χ1n) is 7.11. The summed E-state index contributed by atoms with van der Waals surface area (Å²) in [6.07, 6.45) is 4.80. The standard InChI is InChI=1S/C16H21NOS/c1-17(2)15-6-4-3-5-14(15)16(18)11-9-12-7-8-13(10-11)19-12/h3-6,11-13H,7-10H2,1-2H3. The van der Waals surface area contributed by atoms with Crippen molar-refractivity contribution in [3.63, 3.8) is 0 Å². The quantitative estimate of drug-likeness (QED) is 0.786. The van der Waals surface area contributed by atoms with Gasteiger partial charge in [0.05, 0.1) is 0 Å². The molecule has 2 aliphatic rings. The van der Waals surface area contributed by atoms with Crippen LogP contribution in [0.5, 0.6) is 0 Å². The van der Waals surface area contributed by atoms with Crippen molar-refractivity contribution in [2.45, 2.75) is 36.2 Å². The maximum Gasteiger partial charge on any atom is 0.168 e. The molecule has 0 N–H and O–H groups in total. The Hall–Kier alpha value is -0.960. The molecule has 0 amide bonds. The Bertz CT molecular complexity index is 473. The third kappa shape index (κ3) is 2.53. The maximum atomic E-state index is 12.8. The van der Waals surface area contributed by atoms with Crippen molar-refractivity contribution in [3.05, 3.63) is 29.8 Å². The average Bonchev–Trinajstić information content (AvgIpc) is 2.76. The number of anilines is 1. The highest BCUT2D eigenvalue weighted by molar-refractivity contribution is 8.00. The van der Waals surface area contributed by atoms with Gasteiger partial charge in [-0.1, -0.05) is 12.1 Å². The number of rotatable bonds is 3. The normalized spacial score (nSPS) is 29.3. The van der Waals surface area contributed by atoms with E-state index in [0.717, 1.165) is 34.6 Å². The van der Waals surface area contributed by atoms with Crippen molar-refractivity contribution in [2.24, 2.45) is 5.92 Å². The maximum absolute atomic E-state index is 12.8. The molecule has 2 atom stereocenters. The first-order chi connectivity index (χ1) is 9.15. The number of benzene rings is 1.